The third kappa shape index (κ3) is 2.85. The highest BCUT2D eigenvalue weighted by Gasteiger charge is 2.14. The van der Waals surface area contributed by atoms with Gasteiger partial charge in [-0.15, -0.1) is 0 Å². The van der Waals surface area contributed by atoms with Crippen molar-refractivity contribution in [2.75, 3.05) is 0 Å². The van der Waals surface area contributed by atoms with E-state index in [1.54, 1.807) is 6.07 Å². The normalized spacial score (nSPS) is 10.8. The van der Waals surface area contributed by atoms with Crippen molar-refractivity contribution in [3.8, 4) is 17.0 Å². The number of aromatic hydroxyl groups is 1. The predicted molar refractivity (Wildman–Crippen MR) is 87.4 cm³/mol. The van der Waals surface area contributed by atoms with Crippen molar-refractivity contribution in [1.29, 1.82) is 0 Å². The molecule has 3 nitrogen and oxygen atoms in total. The molecule has 3 aromatic rings. The summed E-state index contributed by atoms with van der Waals surface area (Å²) < 4.78 is 1.05. The van der Waals surface area contributed by atoms with Crippen LogP contribution in [-0.2, 0) is 6.42 Å². The maximum Gasteiger partial charge on any atom is 0.119 e. The number of phenolic OH excluding ortho intramolecular Hbond substituents is 1. The van der Waals surface area contributed by atoms with E-state index in [0.717, 1.165) is 32.6 Å². The zero-order valence-electron chi connectivity index (χ0n) is 11.6. The van der Waals surface area contributed by atoms with Gasteiger partial charge in [-0.25, -0.2) is 0 Å². The van der Waals surface area contributed by atoms with Crippen LogP contribution in [-0.4, -0.2) is 15.3 Å². The fraction of sp³-hybridized carbons (Fsp3) is 0.118. The molecule has 0 aliphatic heterocycles. The first kappa shape index (κ1) is 13.9. The van der Waals surface area contributed by atoms with Gasteiger partial charge in [-0.2, -0.15) is 5.10 Å². The minimum atomic E-state index is 0.319. The third-order valence-corrected chi connectivity index (χ3v) is 4.09. The van der Waals surface area contributed by atoms with Crippen LogP contribution in [0.2, 0.25) is 0 Å². The van der Waals surface area contributed by atoms with Gasteiger partial charge in [-0.05, 0) is 36.2 Å². The molecule has 0 bridgehead atoms. The van der Waals surface area contributed by atoms with Gasteiger partial charge in [0.15, 0.2) is 0 Å². The monoisotopic (exact) mass is 342 g/mol. The highest BCUT2D eigenvalue weighted by Crippen LogP contribution is 2.29. The molecular formula is C17H15BrN2O. The molecule has 0 radical (unpaired) electrons. The molecule has 1 heterocycles. The molecule has 0 spiro atoms. The molecule has 0 amide bonds. The molecule has 1 aromatic heterocycles. The van der Waals surface area contributed by atoms with E-state index in [1.807, 2.05) is 49.4 Å². The number of nitrogens with one attached hydrogen (secondary N) is 1. The molecule has 0 saturated carbocycles. The molecule has 4 heteroatoms. The zero-order chi connectivity index (χ0) is 14.8. The molecule has 3 rings (SSSR count). The first-order chi connectivity index (χ1) is 10.1. The number of para-hydroxylation sites is 1. The van der Waals surface area contributed by atoms with Crippen LogP contribution >= 0.6 is 15.9 Å². The maximum absolute atomic E-state index is 9.96. The molecule has 2 N–H and O–H groups in total. The summed E-state index contributed by atoms with van der Waals surface area (Å²) in [5, 5.41) is 17.4. The van der Waals surface area contributed by atoms with Gasteiger partial charge < -0.3 is 5.11 Å². The van der Waals surface area contributed by atoms with Gasteiger partial charge in [0.05, 0.1) is 11.4 Å². The highest BCUT2D eigenvalue weighted by molar-refractivity contribution is 9.10. The minimum absolute atomic E-state index is 0.319. The lowest BCUT2D eigenvalue weighted by molar-refractivity contribution is 0.469. The summed E-state index contributed by atoms with van der Waals surface area (Å²) in [6, 6.07) is 15.5. The van der Waals surface area contributed by atoms with Crippen LogP contribution < -0.4 is 0 Å². The summed E-state index contributed by atoms with van der Waals surface area (Å²) in [6.45, 7) is 1.98. The van der Waals surface area contributed by atoms with Gasteiger partial charge in [0.25, 0.3) is 0 Å². The summed E-state index contributed by atoms with van der Waals surface area (Å²) in [5.41, 5.74) is 5.06. The van der Waals surface area contributed by atoms with Gasteiger partial charge in [0, 0.05) is 16.5 Å². The van der Waals surface area contributed by atoms with Gasteiger partial charge in [0.2, 0.25) is 0 Å². The van der Waals surface area contributed by atoms with E-state index in [4.69, 9.17) is 0 Å². The van der Waals surface area contributed by atoms with Crippen molar-refractivity contribution < 1.29 is 5.11 Å². The van der Waals surface area contributed by atoms with Crippen molar-refractivity contribution >= 4 is 15.9 Å². The molecule has 0 atom stereocenters. The largest absolute Gasteiger partial charge is 0.508 e. The number of benzene rings is 2. The number of H-pyrrole nitrogens is 1. The van der Waals surface area contributed by atoms with Gasteiger partial charge >= 0.3 is 0 Å². The van der Waals surface area contributed by atoms with E-state index in [2.05, 4.69) is 26.1 Å². The van der Waals surface area contributed by atoms with Crippen molar-refractivity contribution in [2.45, 2.75) is 13.3 Å². The Labute approximate surface area is 131 Å². The Hall–Kier alpha value is -2.07. The fourth-order valence-electron chi connectivity index (χ4n) is 2.38. The number of nitrogens with zero attached hydrogens (tertiary/aromatic N) is 1. The average Bonchev–Trinajstić information content (AvgIpc) is 2.84. The second kappa shape index (κ2) is 5.74. The Morgan fingerprint density at radius 2 is 1.81 bits per heavy atom. The molecule has 0 aliphatic carbocycles. The smallest absolute Gasteiger partial charge is 0.119 e. The van der Waals surface area contributed by atoms with E-state index in [0.29, 0.717) is 12.2 Å². The number of aryl methyl sites for hydroxylation is 1. The topological polar surface area (TPSA) is 48.9 Å². The van der Waals surface area contributed by atoms with E-state index in [1.165, 1.54) is 0 Å². The lowest BCUT2D eigenvalue weighted by Crippen LogP contribution is -1.92. The number of halogens is 1. The first-order valence-electron chi connectivity index (χ1n) is 6.72. The molecule has 0 unspecified atom stereocenters. The van der Waals surface area contributed by atoms with Crippen LogP contribution in [0.15, 0.2) is 53.0 Å². The summed E-state index contributed by atoms with van der Waals surface area (Å²) in [7, 11) is 0. The Bertz CT molecular complexity index is 763. The SMILES string of the molecule is Cc1n[nH]c(-c2ccc(Br)cc2)c1Cc1ccccc1O. The van der Waals surface area contributed by atoms with Crippen molar-refractivity contribution in [2.24, 2.45) is 0 Å². The van der Waals surface area contributed by atoms with Gasteiger partial charge in [0.1, 0.15) is 5.75 Å². The molecule has 2 aromatic carbocycles. The van der Waals surface area contributed by atoms with Crippen LogP contribution in [0.25, 0.3) is 11.3 Å². The number of hydrogen-bond donors (Lipinski definition) is 2. The lowest BCUT2D eigenvalue weighted by atomic mass is 9.99. The van der Waals surface area contributed by atoms with Gasteiger partial charge in [-0.1, -0.05) is 46.3 Å². The number of hydrogen-bond acceptors (Lipinski definition) is 2. The number of phenols is 1. The van der Waals surface area contributed by atoms with Crippen LogP contribution in [0.4, 0.5) is 0 Å². The molecule has 0 aliphatic rings. The molecule has 0 saturated heterocycles. The maximum atomic E-state index is 9.96. The van der Waals surface area contributed by atoms with Crippen molar-refractivity contribution in [1.82, 2.24) is 10.2 Å². The van der Waals surface area contributed by atoms with Crippen LogP contribution in [0, 0.1) is 6.92 Å². The average molecular weight is 343 g/mol. The van der Waals surface area contributed by atoms with Crippen molar-refractivity contribution in [3.05, 3.63) is 69.8 Å². The first-order valence-corrected chi connectivity index (χ1v) is 7.51. The zero-order valence-corrected chi connectivity index (χ0v) is 13.2. The molecule has 21 heavy (non-hydrogen) atoms. The third-order valence-electron chi connectivity index (χ3n) is 3.57. The quantitative estimate of drug-likeness (QED) is 0.738. The summed E-state index contributed by atoms with van der Waals surface area (Å²) in [5.74, 6) is 0.319. The summed E-state index contributed by atoms with van der Waals surface area (Å²) in [4.78, 5) is 0. The lowest BCUT2D eigenvalue weighted by Gasteiger charge is -2.07. The predicted octanol–water partition coefficient (Wildman–Crippen LogP) is 4.44. The molecule has 0 fully saturated rings. The highest BCUT2D eigenvalue weighted by atomic mass is 79.9. The van der Waals surface area contributed by atoms with E-state index in [9.17, 15) is 5.11 Å². The Morgan fingerprint density at radius 1 is 1.10 bits per heavy atom. The molecule has 106 valence electrons. The second-order valence-electron chi connectivity index (χ2n) is 4.97. The van der Waals surface area contributed by atoms with E-state index < -0.39 is 0 Å². The number of aromatic nitrogens is 2. The summed E-state index contributed by atoms with van der Waals surface area (Å²) >= 11 is 3.45. The number of aromatic amines is 1. The van der Waals surface area contributed by atoms with Gasteiger partial charge in [-0.3, -0.25) is 5.10 Å². The second-order valence-corrected chi connectivity index (χ2v) is 5.89. The fourth-order valence-corrected chi connectivity index (χ4v) is 2.64. The Balaban J connectivity index is 2.01. The Kier molecular flexibility index (Phi) is 3.80. The minimum Gasteiger partial charge on any atom is -0.508 e. The molecular weight excluding hydrogens is 328 g/mol. The number of rotatable bonds is 3. The Morgan fingerprint density at radius 3 is 2.52 bits per heavy atom. The van der Waals surface area contributed by atoms with Crippen LogP contribution in [0.1, 0.15) is 16.8 Å². The van der Waals surface area contributed by atoms with E-state index in [-0.39, 0.29) is 0 Å². The van der Waals surface area contributed by atoms with E-state index >= 15 is 0 Å². The van der Waals surface area contributed by atoms with Crippen molar-refractivity contribution in [3.63, 3.8) is 0 Å². The summed E-state index contributed by atoms with van der Waals surface area (Å²) in [6.07, 6.45) is 0.653. The standard InChI is InChI=1S/C17H15BrN2O/c1-11-15(10-13-4-2-3-5-16(13)21)17(20-19-11)12-6-8-14(18)9-7-12/h2-9,21H,10H2,1H3,(H,19,20). The van der Waals surface area contributed by atoms with Crippen LogP contribution in [0.3, 0.4) is 0 Å². The van der Waals surface area contributed by atoms with Crippen LogP contribution in [0.5, 0.6) is 5.75 Å².